The molecule has 1 atom stereocenters. The fraction of sp³-hybridized carbons (Fsp3) is 0.833. The number of ether oxygens (including phenoxy) is 1. The molecule has 2 amide bonds. The van der Waals surface area contributed by atoms with Crippen LogP contribution in [0.25, 0.3) is 0 Å². The maximum absolute atomic E-state index is 11.6. The molecular formula is C12H24N2O3. The van der Waals surface area contributed by atoms with Gasteiger partial charge in [0.2, 0.25) is 5.91 Å². The van der Waals surface area contributed by atoms with Crippen LogP contribution in [0, 0.1) is 5.92 Å². The molecule has 0 aliphatic rings. The molecule has 100 valence electrons. The van der Waals surface area contributed by atoms with Gasteiger partial charge in [-0.25, -0.2) is 4.79 Å². The minimum atomic E-state index is -0.529. The highest BCUT2D eigenvalue weighted by atomic mass is 16.6. The van der Waals surface area contributed by atoms with Crippen molar-refractivity contribution in [2.75, 3.05) is 7.05 Å². The van der Waals surface area contributed by atoms with Crippen molar-refractivity contribution in [1.82, 2.24) is 10.6 Å². The number of carbonyl (C=O) groups excluding carboxylic acids is 2. The number of alkyl carbamates (subject to hydrolysis) is 1. The van der Waals surface area contributed by atoms with Gasteiger partial charge in [0.05, 0.1) is 0 Å². The monoisotopic (exact) mass is 244 g/mol. The Balaban J connectivity index is 4.35. The number of rotatable bonds is 4. The number of nitrogens with one attached hydrogen (secondary N) is 2. The molecule has 0 bridgehead atoms. The van der Waals surface area contributed by atoms with Crippen molar-refractivity contribution in [3.8, 4) is 0 Å². The molecule has 0 radical (unpaired) electrons. The summed E-state index contributed by atoms with van der Waals surface area (Å²) in [5, 5.41) is 5.26. The summed E-state index contributed by atoms with van der Waals surface area (Å²) in [6.45, 7) is 9.30. The molecule has 0 heterocycles. The Labute approximate surface area is 103 Å². The topological polar surface area (TPSA) is 67.4 Å². The third kappa shape index (κ3) is 7.60. The molecule has 0 fully saturated rings. The summed E-state index contributed by atoms with van der Waals surface area (Å²) in [5.74, 6) is 0.0691. The van der Waals surface area contributed by atoms with Gasteiger partial charge in [0.25, 0.3) is 0 Å². The largest absolute Gasteiger partial charge is 0.444 e. The minimum absolute atomic E-state index is 0.0974. The van der Waals surface area contributed by atoms with Crippen LogP contribution in [0.3, 0.4) is 0 Å². The highest BCUT2D eigenvalue weighted by Gasteiger charge is 2.22. The lowest BCUT2D eigenvalue weighted by Gasteiger charge is -2.25. The number of hydrogen-bond acceptors (Lipinski definition) is 3. The Morgan fingerprint density at radius 3 is 2.12 bits per heavy atom. The van der Waals surface area contributed by atoms with Crippen LogP contribution in [0.1, 0.15) is 41.0 Å². The van der Waals surface area contributed by atoms with Crippen LogP contribution >= 0.6 is 0 Å². The zero-order chi connectivity index (χ0) is 13.6. The van der Waals surface area contributed by atoms with Gasteiger partial charge in [-0.2, -0.15) is 0 Å². The maximum atomic E-state index is 11.6. The van der Waals surface area contributed by atoms with E-state index in [2.05, 4.69) is 10.6 Å². The summed E-state index contributed by atoms with van der Waals surface area (Å²) in [5.41, 5.74) is -0.529. The molecule has 0 aliphatic heterocycles. The van der Waals surface area contributed by atoms with Crippen molar-refractivity contribution in [3.63, 3.8) is 0 Å². The van der Waals surface area contributed by atoms with E-state index in [1.54, 1.807) is 27.8 Å². The van der Waals surface area contributed by atoms with Crippen molar-refractivity contribution < 1.29 is 14.3 Å². The van der Waals surface area contributed by atoms with Crippen molar-refractivity contribution in [2.24, 2.45) is 5.92 Å². The molecule has 5 nitrogen and oxygen atoms in total. The van der Waals surface area contributed by atoms with Gasteiger partial charge in [-0.15, -0.1) is 0 Å². The molecule has 0 aromatic carbocycles. The molecule has 0 rings (SSSR count). The second-order valence-corrected chi connectivity index (χ2v) is 5.37. The Morgan fingerprint density at radius 2 is 1.76 bits per heavy atom. The molecule has 2 N–H and O–H groups in total. The molecule has 0 saturated carbocycles. The highest BCUT2D eigenvalue weighted by molar-refractivity contribution is 5.77. The molecular weight excluding hydrogens is 220 g/mol. The van der Waals surface area contributed by atoms with Gasteiger partial charge in [0, 0.05) is 19.5 Å². The van der Waals surface area contributed by atoms with E-state index in [9.17, 15) is 9.59 Å². The zero-order valence-electron chi connectivity index (χ0n) is 11.6. The van der Waals surface area contributed by atoms with Crippen molar-refractivity contribution in [1.29, 1.82) is 0 Å². The van der Waals surface area contributed by atoms with Crippen LogP contribution in [-0.2, 0) is 9.53 Å². The first-order valence-corrected chi connectivity index (χ1v) is 5.86. The minimum Gasteiger partial charge on any atom is -0.444 e. The van der Waals surface area contributed by atoms with Crippen LogP contribution in [-0.4, -0.2) is 30.7 Å². The van der Waals surface area contributed by atoms with Gasteiger partial charge < -0.3 is 15.4 Å². The highest BCUT2D eigenvalue weighted by Crippen LogP contribution is 2.10. The predicted octanol–water partition coefficient (Wildman–Crippen LogP) is 1.67. The Morgan fingerprint density at radius 1 is 1.24 bits per heavy atom. The third-order valence-electron chi connectivity index (χ3n) is 2.19. The first-order valence-electron chi connectivity index (χ1n) is 5.86. The van der Waals surface area contributed by atoms with Gasteiger partial charge in [-0.05, 0) is 26.7 Å². The number of carbonyl (C=O) groups is 2. The van der Waals surface area contributed by atoms with Crippen LogP contribution in [0.2, 0.25) is 0 Å². The SMILES string of the molecule is CNC(=O)C[C@@H](NC(=O)OC(C)(C)C)C(C)C. The van der Waals surface area contributed by atoms with Crippen LogP contribution < -0.4 is 10.6 Å². The van der Waals surface area contributed by atoms with Gasteiger partial charge in [-0.3, -0.25) is 4.79 Å². The van der Waals surface area contributed by atoms with E-state index in [0.29, 0.717) is 0 Å². The van der Waals surface area contributed by atoms with Crippen molar-refractivity contribution in [3.05, 3.63) is 0 Å². The second kappa shape index (κ2) is 6.47. The average molecular weight is 244 g/mol. The van der Waals surface area contributed by atoms with Crippen molar-refractivity contribution >= 4 is 12.0 Å². The van der Waals surface area contributed by atoms with E-state index in [-0.39, 0.29) is 24.3 Å². The standard InChI is InChI=1S/C12H24N2O3/c1-8(2)9(7-10(15)13-6)14-11(16)17-12(3,4)5/h8-9H,7H2,1-6H3,(H,13,15)(H,14,16)/t9-/m1/s1. The molecule has 0 spiro atoms. The summed E-state index contributed by atoms with van der Waals surface area (Å²) in [4.78, 5) is 22.9. The van der Waals surface area contributed by atoms with Gasteiger partial charge in [0.15, 0.2) is 0 Å². The van der Waals surface area contributed by atoms with Crippen molar-refractivity contribution in [2.45, 2.75) is 52.7 Å². The average Bonchev–Trinajstić information content (AvgIpc) is 2.13. The first kappa shape index (κ1) is 15.7. The summed E-state index contributed by atoms with van der Waals surface area (Å²) in [7, 11) is 1.58. The van der Waals surface area contributed by atoms with Gasteiger partial charge >= 0.3 is 6.09 Å². The third-order valence-corrected chi connectivity index (χ3v) is 2.19. The van der Waals surface area contributed by atoms with E-state index in [1.807, 2.05) is 13.8 Å². The normalized spacial score (nSPS) is 13.1. The summed E-state index contributed by atoms with van der Waals surface area (Å²) >= 11 is 0. The molecule has 17 heavy (non-hydrogen) atoms. The molecule has 5 heteroatoms. The smallest absolute Gasteiger partial charge is 0.407 e. The Hall–Kier alpha value is -1.26. The van der Waals surface area contributed by atoms with Crippen LogP contribution in [0.4, 0.5) is 4.79 Å². The number of hydrogen-bond donors (Lipinski definition) is 2. The lowest BCUT2D eigenvalue weighted by molar-refractivity contribution is -0.121. The summed E-state index contributed by atoms with van der Waals surface area (Å²) in [6.07, 6.45) is -0.229. The van der Waals surface area contributed by atoms with E-state index in [4.69, 9.17) is 4.74 Å². The quantitative estimate of drug-likeness (QED) is 0.790. The lowest BCUT2D eigenvalue weighted by Crippen LogP contribution is -2.44. The predicted molar refractivity (Wildman–Crippen MR) is 66.7 cm³/mol. The second-order valence-electron chi connectivity index (χ2n) is 5.37. The fourth-order valence-corrected chi connectivity index (χ4v) is 1.21. The molecule has 0 saturated heterocycles. The van der Waals surface area contributed by atoms with E-state index in [1.165, 1.54) is 0 Å². The van der Waals surface area contributed by atoms with E-state index >= 15 is 0 Å². The molecule has 0 aliphatic carbocycles. The number of amides is 2. The molecule has 0 aromatic rings. The van der Waals surface area contributed by atoms with Crippen LogP contribution in [0.15, 0.2) is 0 Å². The summed E-state index contributed by atoms with van der Waals surface area (Å²) in [6, 6.07) is -0.218. The first-order chi connectivity index (χ1) is 7.65. The molecule has 0 unspecified atom stereocenters. The molecule has 0 aromatic heterocycles. The maximum Gasteiger partial charge on any atom is 0.407 e. The fourth-order valence-electron chi connectivity index (χ4n) is 1.21. The summed E-state index contributed by atoms with van der Waals surface area (Å²) < 4.78 is 5.15. The van der Waals surface area contributed by atoms with Crippen LogP contribution in [0.5, 0.6) is 0 Å². The Bertz CT molecular complexity index is 269. The zero-order valence-corrected chi connectivity index (χ0v) is 11.6. The lowest BCUT2D eigenvalue weighted by atomic mass is 10.0. The van der Waals surface area contributed by atoms with Gasteiger partial charge in [0.1, 0.15) is 5.60 Å². The van der Waals surface area contributed by atoms with E-state index < -0.39 is 11.7 Å². The van der Waals surface area contributed by atoms with E-state index in [0.717, 1.165) is 0 Å². The Kier molecular flexibility index (Phi) is 5.99. The van der Waals surface area contributed by atoms with Gasteiger partial charge in [-0.1, -0.05) is 13.8 Å².